The molecule has 0 unspecified atom stereocenters. The molecule has 0 bridgehead atoms. The molecule has 24 nitrogen and oxygen atoms in total. The average molecular weight is 1390 g/mol. The van der Waals surface area contributed by atoms with Crippen LogP contribution >= 0.6 is 23.8 Å². The second-order valence-corrected chi connectivity index (χ2v) is 25.0. The number of alkyl halides is 3. The third-order valence-corrected chi connectivity index (χ3v) is 14.4. The van der Waals surface area contributed by atoms with E-state index in [4.69, 9.17) is 37.4 Å². The molecule has 0 saturated carbocycles. The highest BCUT2D eigenvalue weighted by atomic mass is 35.5. The van der Waals surface area contributed by atoms with Crippen LogP contribution in [0.1, 0.15) is 185 Å². The molecule has 13 aromatic rings. The summed E-state index contributed by atoms with van der Waals surface area (Å²) in [5.74, 6) is 11.5. The van der Waals surface area contributed by atoms with E-state index in [1.54, 1.807) is 24.8 Å². The molecule has 10 heterocycles. The average Bonchev–Trinajstić information content (AvgIpc) is 1.84. The van der Waals surface area contributed by atoms with Crippen molar-refractivity contribution in [1.29, 1.82) is 0 Å². The van der Waals surface area contributed by atoms with Crippen molar-refractivity contribution < 1.29 is 26.7 Å². The number of benzene rings is 3. The molecule has 0 atom stereocenters. The van der Waals surface area contributed by atoms with Crippen molar-refractivity contribution >= 4 is 23.8 Å². The second-order valence-electron chi connectivity index (χ2n) is 24.2. The number of aromatic amines is 4. The van der Waals surface area contributed by atoms with Crippen molar-refractivity contribution in [2.45, 2.75) is 145 Å². The van der Waals surface area contributed by atoms with Crippen LogP contribution in [-0.4, -0.2) is 106 Å². The normalized spacial score (nSPS) is 11.1. The van der Waals surface area contributed by atoms with Crippen LogP contribution in [0.5, 0.6) is 0 Å². The topological polar surface area (TPSA) is 314 Å². The van der Waals surface area contributed by atoms with E-state index in [2.05, 4.69) is 157 Å². The molecule has 29 heteroatoms. The quantitative estimate of drug-likeness (QED) is 0.0779. The monoisotopic (exact) mass is 1390 g/mol. The molecule has 0 aliphatic carbocycles. The lowest BCUT2D eigenvalue weighted by Gasteiger charge is -2.04. The van der Waals surface area contributed by atoms with Gasteiger partial charge in [-0.3, -0.25) is 35.3 Å². The van der Waals surface area contributed by atoms with Gasteiger partial charge in [0.25, 0.3) is 17.7 Å². The zero-order valence-electron chi connectivity index (χ0n) is 57.7. The number of hydrogen-bond acceptors (Lipinski definition) is 20. The smallest absolute Gasteiger partial charge is 0.334 e. The zero-order chi connectivity index (χ0) is 71.8. The van der Waals surface area contributed by atoms with E-state index in [1.807, 2.05) is 162 Å². The van der Waals surface area contributed by atoms with Gasteiger partial charge in [-0.1, -0.05) is 173 Å². The molecule has 0 amide bonds. The molecule has 0 fully saturated rings. The van der Waals surface area contributed by atoms with Gasteiger partial charge in [0.15, 0.2) is 39.7 Å². The predicted molar refractivity (Wildman–Crippen MR) is 375 cm³/mol. The lowest BCUT2D eigenvalue weighted by atomic mass is 10.2. The molecule has 0 saturated heterocycles. The Morgan fingerprint density at radius 1 is 0.404 bits per heavy atom. The molecule has 3 aromatic carbocycles. The van der Waals surface area contributed by atoms with Crippen molar-refractivity contribution in [2.75, 3.05) is 0 Å². The maximum absolute atomic E-state index is 12.3. The summed E-state index contributed by atoms with van der Waals surface area (Å²) < 4.78 is 54.8. The zero-order valence-corrected chi connectivity index (χ0v) is 59.3. The van der Waals surface area contributed by atoms with Crippen LogP contribution in [0.4, 0.5) is 13.2 Å². The molecule has 0 aliphatic heterocycles. The van der Waals surface area contributed by atoms with Crippen molar-refractivity contribution in [3.63, 3.8) is 0 Å². The van der Waals surface area contributed by atoms with Gasteiger partial charge in [-0.05, 0) is 85.0 Å². The largest absolute Gasteiger partial charge is 0.433 e. The Morgan fingerprint density at radius 2 is 0.758 bits per heavy atom. The second kappa shape index (κ2) is 36.7. The first-order valence-electron chi connectivity index (χ1n) is 31.9. The third kappa shape index (κ3) is 23.0. The third-order valence-electron chi connectivity index (χ3n) is 13.8. The Balaban J connectivity index is 0.000000163. The molecule has 99 heavy (non-hydrogen) atoms. The Bertz CT molecular complexity index is 4160. The first-order valence-corrected chi connectivity index (χ1v) is 32.6. The number of nitrogens with zero attached hydrogens (tertiary/aromatic N) is 17. The number of aromatic nitrogens is 21. The van der Waals surface area contributed by atoms with E-state index in [0.717, 1.165) is 97.5 Å². The molecule has 0 radical (unpaired) electrons. The van der Waals surface area contributed by atoms with Gasteiger partial charge in [0, 0.05) is 112 Å². The molecule has 4 N–H and O–H groups in total. The number of rotatable bonds is 13. The Labute approximate surface area is 582 Å². The SMILES string of the molecule is CC(C)c1n[nH]c(=S)n1C.CC(C)c1nc(-c2ccc(Cl)cc2)n[nH]1.CC(C)c1nc(-c2ccccc2)n[nH]1.CC(C)c1nc(-c2ccncc2)n[nH]1.CC(C)c1noc(-c2ccc(C(F)(F)F)nc2)n1.CC(C)c1noc(-c2ccccc2)n1.CC(C)c1noc(-c2ccncc2)n1. The van der Waals surface area contributed by atoms with Gasteiger partial charge in [0.05, 0.1) is 5.56 Å². The minimum Gasteiger partial charge on any atom is -0.334 e. The highest BCUT2D eigenvalue weighted by Gasteiger charge is 2.32. The number of hydrogen-bond donors (Lipinski definition) is 4. The van der Waals surface area contributed by atoms with Crippen LogP contribution in [0.25, 0.3) is 68.5 Å². The van der Waals surface area contributed by atoms with Crippen molar-refractivity contribution in [3.8, 4) is 68.5 Å². The van der Waals surface area contributed by atoms with Gasteiger partial charge in [0.2, 0.25) is 0 Å². The van der Waals surface area contributed by atoms with Gasteiger partial charge in [-0.2, -0.15) is 48.5 Å². The summed E-state index contributed by atoms with van der Waals surface area (Å²) in [7, 11) is 1.92. The van der Waals surface area contributed by atoms with E-state index >= 15 is 0 Å². The first-order chi connectivity index (χ1) is 47.3. The number of halogens is 4. The number of pyridine rings is 3. The van der Waals surface area contributed by atoms with Crippen molar-refractivity contribution in [2.24, 2.45) is 7.05 Å². The van der Waals surface area contributed by atoms with Gasteiger partial charge >= 0.3 is 6.18 Å². The number of nitrogens with one attached hydrogen (secondary N) is 4. The summed E-state index contributed by atoms with van der Waals surface area (Å²) in [4.78, 5) is 37.0. The molecule has 10 aromatic heterocycles. The fourth-order valence-corrected chi connectivity index (χ4v) is 8.34. The van der Waals surface area contributed by atoms with Gasteiger partial charge in [-0.15, -0.1) is 0 Å². The Kier molecular flexibility index (Phi) is 28.1. The first kappa shape index (κ1) is 75.8. The molecular formula is C70H81ClF3N21O3S. The lowest BCUT2D eigenvalue weighted by molar-refractivity contribution is -0.141. The highest BCUT2D eigenvalue weighted by molar-refractivity contribution is 7.71. The minimum atomic E-state index is -4.45. The summed E-state index contributed by atoms with van der Waals surface area (Å²) in [6, 6.07) is 36.9. The van der Waals surface area contributed by atoms with E-state index in [1.165, 1.54) is 6.07 Å². The summed E-state index contributed by atoms with van der Waals surface area (Å²) in [6.07, 6.45) is 3.50. The summed E-state index contributed by atoms with van der Waals surface area (Å²) in [5, 5.41) is 40.3. The van der Waals surface area contributed by atoms with Crippen LogP contribution in [0.15, 0.2) is 166 Å². The lowest BCUT2D eigenvalue weighted by Crippen LogP contribution is -2.07. The van der Waals surface area contributed by atoms with Crippen molar-refractivity contribution in [3.05, 3.63) is 209 Å². The molecule has 518 valence electrons. The van der Waals surface area contributed by atoms with E-state index in [9.17, 15) is 13.2 Å². The maximum atomic E-state index is 12.3. The summed E-state index contributed by atoms with van der Waals surface area (Å²) in [6.45, 7) is 28.6. The standard InChI is InChI=1S/C11H12ClN3.C11H10F3N3O.C11H13N3.C11H12N2O.C10H12N4.C10H11N3O.C6H11N3S/c1-7(2)10-13-11(15-14-10)8-3-5-9(12)6-4-8;1-6(2)9-16-10(18-17-9)7-3-4-8(15-5-7)11(12,13)14;2*1-8(2)10-12-11(14-13-10)9-6-4-3-5-7-9;2*1-7(2)9-12-10(14-13-9)8-3-5-11-6-4-8;1-4(2)5-7-8-6(10)9(5)3/h3-7H,1-2H3,(H,13,14,15);3-6H,1-2H3;3-8H,1-2H3,(H,12,13,14);3-8H,1-2H3;3-7H,1-2H3,(H,12,13,14);3-7H,1-2H3;4H,1-3H3,(H,8,10). The molecule has 13 rings (SSSR count). The minimum absolute atomic E-state index is 0.0879. The highest BCUT2D eigenvalue weighted by Crippen LogP contribution is 2.30. The van der Waals surface area contributed by atoms with Crippen molar-refractivity contribution in [1.82, 2.24) is 106 Å². The van der Waals surface area contributed by atoms with Crippen LogP contribution in [0, 0.1) is 4.77 Å². The van der Waals surface area contributed by atoms with E-state index in [-0.39, 0.29) is 17.7 Å². The van der Waals surface area contributed by atoms with E-state index < -0.39 is 11.9 Å². The van der Waals surface area contributed by atoms with Crippen LogP contribution in [0.3, 0.4) is 0 Å². The van der Waals surface area contributed by atoms with Crippen LogP contribution in [0.2, 0.25) is 5.02 Å². The summed E-state index contributed by atoms with van der Waals surface area (Å²) >= 11 is 10.7. The fourth-order valence-electron chi connectivity index (χ4n) is 8.07. The van der Waals surface area contributed by atoms with Gasteiger partial charge in [0.1, 0.15) is 29.0 Å². The predicted octanol–water partition coefficient (Wildman–Crippen LogP) is 17.8. The molecule has 0 spiro atoms. The van der Waals surface area contributed by atoms with Gasteiger partial charge in [-0.25, -0.2) is 15.0 Å². The molecule has 0 aliphatic rings. The Hall–Kier alpha value is -10.6. The van der Waals surface area contributed by atoms with Crippen LogP contribution < -0.4 is 0 Å². The molecular weight excluding hydrogens is 1310 g/mol. The maximum Gasteiger partial charge on any atom is 0.433 e. The number of H-pyrrole nitrogens is 4. The summed E-state index contributed by atoms with van der Waals surface area (Å²) in [5.41, 5.74) is 4.30. The van der Waals surface area contributed by atoms with Crippen LogP contribution in [-0.2, 0) is 13.2 Å². The Morgan fingerprint density at radius 3 is 1.07 bits per heavy atom. The van der Waals surface area contributed by atoms with E-state index in [0.29, 0.717) is 57.5 Å². The van der Waals surface area contributed by atoms with Gasteiger partial charge < -0.3 is 18.1 Å². The fraction of sp³-hybridized carbons (Fsp3) is 0.329.